The fourth-order valence-electron chi connectivity index (χ4n) is 1.56. The zero-order chi connectivity index (χ0) is 14.5. The monoisotopic (exact) mass is 446 g/mol. The molecule has 0 bridgehead atoms. The van der Waals surface area contributed by atoms with Crippen LogP contribution in [0.3, 0.4) is 0 Å². The van der Waals surface area contributed by atoms with Gasteiger partial charge in [0, 0.05) is 14.1 Å². The first-order chi connectivity index (χ1) is 9.60. The SMILES string of the molecule is CCOc1ccc(NC(=O)c2cc(I)ccc2Br)cn1. The van der Waals surface area contributed by atoms with Gasteiger partial charge in [0.25, 0.3) is 5.91 Å². The zero-order valence-corrected chi connectivity index (χ0v) is 14.4. The number of anilines is 1. The maximum absolute atomic E-state index is 12.2. The Morgan fingerprint density at radius 1 is 1.40 bits per heavy atom. The Morgan fingerprint density at radius 2 is 2.20 bits per heavy atom. The van der Waals surface area contributed by atoms with Crippen LogP contribution in [0.15, 0.2) is 41.0 Å². The van der Waals surface area contributed by atoms with Crippen molar-refractivity contribution in [1.29, 1.82) is 0 Å². The molecule has 1 aromatic carbocycles. The molecule has 20 heavy (non-hydrogen) atoms. The van der Waals surface area contributed by atoms with Gasteiger partial charge >= 0.3 is 0 Å². The molecule has 0 saturated carbocycles. The van der Waals surface area contributed by atoms with E-state index in [4.69, 9.17) is 4.74 Å². The number of nitrogens with one attached hydrogen (secondary N) is 1. The second-order valence-corrected chi connectivity index (χ2v) is 6.00. The van der Waals surface area contributed by atoms with Gasteiger partial charge < -0.3 is 10.1 Å². The zero-order valence-electron chi connectivity index (χ0n) is 10.7. The fourth-order valence-corrected chi connectivity index (χ4v) is 2.48. The summed E-state index contributed by atoms with van der Waals surface area (Å²) in [6, 6.07) is 9.09. The maximum atomic E-state index is 12.2. The van der Waals surface area contributed by atoms with Crippen molar-refractivity contribution in [3.63, 3.8) is 0 Å². The molecule has 2 rings (SSSR count). The molecular formula is C14H12BrIN2O2. The van der Waals surface area contributed by atoms with Crippen LogP contribution in [0, 0.1) is 3.57 Å². The number of halogens is 2. The van der Waals surface area contributed by atoms with Gasteiger partial charge in [-0.25, -0.2) is 4.98 Å². The van der Waals surface area contributed by atoms with Gasteiger partial charge in [-0.1, -0.05) is 0 Å². The molecule has 0 unspecified atom stereocenters. The number of aromatic nitrogens is 1. The highest BCUT2D eigenvalue weighted by Crippen LogP contribution is 2.21. The quantitative estimate of drug-likeness (QED) is 0.719. The number of benzene rings is 1. The van der Waals surface area contributed by atoms with Crippen LogP contribution in [0.25, 0.3) is 0 Å². The van der Waals surface area contributed by atoms with Crippen molar-refractivity contribution in [1.82, 2.24) is 4.98 Å². The minimum atomic E-state index is -0.179. The average molecular weight is 447 g/mol. The summed E-state index contributed by atoms with van der Waals surface area (Å²) in [6.45, 7) is 2.46. The van der Waals surface area contributed by atoms with E-state index >= 15 is 0 Å². The minimum absolute atomic E-state index is 0.179. The molecule has 1 aromatic heterocycles. The van der Waals surface area contributed by atoms with Crippen LogP contribution < -0.4 is 10.1 Å². The Balaban J connectivity index is 2.13. The van der Waals surface area contributed by atoms with E-state index < -0.39 is 0 Å². The average Bonchev–Trinajstić information content (AvgIpc) is 2.44. The van der Waals surface area contributed by atoms with Gasteiger partial charge in [0.15, 0.2) is 0 Å². The van der Waals surface area contributed by atoms with Gasteiger partial charge in [-0.05, 0) is 69.7 Å². The first-order valence-electron chi connectivity index (χ1n) is 5.95. The Bertz CT molecular complexity index is 617. The van der Waals surface area contributed by atoms with Crippen molar-refractivity contribution in [2.24, 2.45) is 0 Å². The topological polar surface area (TPSA) is 51.2 Å². The predicted molar refractivity (Wildman–Crippen MR) is 90.2 cm³/mol. The van der Waals surface area contributed by atoms with Crippen molar-refractivity contribution in [2.75, 3.05) is 11.9 Å². The van der Waals surface area contributed by atoms with Crippen LogP contribution in [0.5, 0.6) is 5.88 Å². The lowest BCUT2D eigenvalue weighted by Gasteiger charge is -2.08. The summed E-state index contributed by atoms with van der Waals surface area (Å²) in [7, 11) is 0. The third-order valence-electron chi connectivity index (χ3n) is 2.46. The summed E-state index contributed by atoms with van der Waals surface area (Å²) in [5.74, 6) is 0.363. The molecule has 0 aliphatic carbocycles. The Kier molecular flexibility index (Phi) is 5.36. The molecule has 0 atom stereocenters. The Labute approximate surface area is 139 Å². The van der Waals surface area contributed by atoms with Gasteiger partial charge in [0.05, 0.1) is 24.1 Å². The van der Waals surface area contributed by atoms with Crippen LogP contribution in [0.2, 0.25) is 0 Å². The predicted octanol–water partition coefficient (Wildman–Crippen LogP) is 4.10. The van der Waals surface area contributed by atoms with Gasteiger partial charge in [0.1, 0.15) is 0 Å². The molecule has 0 saturated heterocycles. The van der Waals surface area contributed by atoms with Gasteiger partial charge in [-0.2, -0.15) is 0 Å². The molecule has 4 nitrogen and oxygen atoms in total. The summed E-state index contributed by atoms with van der Waals surface area (Å²) >= 11 is 5.55. The second kappa shape index (κ2) is 7.03. The molecule has 104 valence electrons. The molecule has 0 spiro atoms. The van der Waals surface area contributed by atoms with E-state index in [1.807, 2.05) is 25.1 Å². The van der Waals surface area contributed by atoms with E-state index in [2.05, 4.69) is 48.8 Å². The number of hydrogen-bond acceptors (Lipinski definition) is 3. The summed E-state index contributed by atoms with van der Waals surface area (Å²) in [5, 5.41) is 2.81. The number of ether oxygens (including phenoxy) is 1. The lowest BCUT2D eigenvalue weighted by Crippen LogP contribution is -2.13. The van der Waals surface area contributed by atoms with Crippen LogP contribution in [0.1, 0.15) is 17.3 Å². The molecule has 0 fully saturated rings. The standard InChI is InChI=1S/C14H12BrIN2O2/c1-2-20-13-6-4-10(8-17-13)18-14(19)11-7-9(16)3-5-12(11)15/h3-8H,2H2,1H3,(H,18,19). The van der Waals surface area contributed by atoms with Crippen LogP contribution >= 0.6 is 38.5 Å². The number of carbonyl (C=O) groups excluding carboxylic acids is 1. The molecular weight excluding hydrogens is 435 g/mol. The maximum Gasteiger partial charge on any atom is 0.256 e. The highest BCUT2D eigenvalue weighted by molar-refractivity contribution is 14.1. The first kappa shape index (κ1) is 15.2. The number of nitrogens with zero attached hydrogens (tertiary/aromatic N) is 1. The van der Waals surface area contributed by atoms with Gasteiger partial charge in [0.2, 0.25) is 5.88 Å². The molecule has 0 aliphatic rings. The van der Waals surface area contributed by atoms with Crippen molar-refractivity contribution >= 4 is 50.1 Å². The molecule has 1 amide bonds. The van der Waals surface area contributed by atoms with Crippen LogP contribution in [-0.2, 0) is 0 Å². The lowest BCUT2D eigenvalue weighted by molar-refractivity contribution is 0.102. The highest BCUT2D eigenvalue weighted by atomic mass is 127. The summed E-state index contributed by atoms with van der Waals surface area (Å²) in [4.78, 5) is 16.3. The first-order valence-corrected chi connectivity index (χ1v) is 7.82. The van der Waals surface area contributed by atoms with Crippen LogP contribution in [0.4, 0.5) is 5.69 Å². The van der Waals surface area contributed by atoms with E-state index in [0.29, 0.717) is 23.7 Å². The second-order valence-electron chi connectivity index (χ2n) is 3.90. The fraction of sp³-hybridized carbons (Fsp3) is 0.143. The number of carbonyl (C=O) groups is 1. The number of amides is 1. The number of rotatable bonds is 4. The molecule has 2 aromatic rings. The summed E-state index contributed by atoms with van der Waals surface area (Å²) in [5.41, 5.74) is 1.22. The van der Waals surface area contributed by atoms with E-state index in [9.17, 15) is 4.79 Å². The van der Waals surface area contributed by atoms with Crippen molar-refractivity contribution in [2.45, 2.75) is 6.92 Å². The van der Waals surface area contributed by atoms with Gasteiger partial charge in [-0.15, -0.1) is 0 Å². The Morgan fingerprint density at radius 3 is 2.85 bits per heavy atom. The molecule has 6 heteroatoms. The van der Waals surface area contributed by atoms with Gasteiger partial charge in [-0.3, -0.25) is 4.79 Å². The highest BCUT2D eigenvalue weighted by Gasteiger charge is 2.11. The van der Waals surface area contributed by atoms with E-state index in [0.717, 1.165) is 8.04 Å². The third-order valence-corrected chi connectivity index (χ3v) is 3.82. The van der Waals surface area contributed by atoms with E-state index in [1.165, 1.54) is 0 Å². The van der Waals surface area contributed by atoms with Crippen LogP contribution in [-0.4, -0.2) is 17.5 Å². The van der Waals surface area contributed by atoms with Crippen molar-refractivity contribution in [3.8, 4) is 5.88 Å². The van der Waals surface area contributed by atoms with E-state index in [-0.39, 0.29) is 5.91 Å². The normalized spacial score (nSPS) is 10.2. The van der Waals surface area contributed by atoms with Crippen molar-refractivity contribution in [3.05, 3.63) is 50.1 Å². The van der Waals surface area contributed by atoms with Crippen molar-refractivity contribution < 1.29 is 9.53 Å². The molecule has 0 aliphatic heterocycles. The molecule has 1 N–H and O–H groups in total. The largest absolute Gasteiger partial charge is 0.478 e. The molecule has 0 radical (unpaired) electrons. The number of pyridine rings is 1. The van der Waals surface area contributed by atoms with E-state index in [1.54, 1.807) is 18.3 Å². The number of hydrogen-bond donors (Lipinski definition) is 1. The lowest BCUT2D eigenvalue weighted by atomic mass is 10.2. The third kappa shape index (κ3) is 3.92. The smallest absolute Gasteiger partial charge is 0.256 e. The molecule has 1 heterocycles. The Hall–Kier alpha value is -1.15. The summed E-state index contributed by atoms with van der Waals surface area (Å²) < 4.78 is 7.01. The minimum Gasteiger partial charge on any atom is -0.478 e. The summed E-state index contributed by atoms with van der Waals surface area (Å²) in [6.07, 6.45) is 1.57.